The summed E-state index contributed by atoms with van der Waals surface area (Å²) in [7, 11) is 0. The number of carbonyl (C=O) groups excluding carboxylic acids is 1. The second-order valence-electron chi connectivity index (χ2n) is 4.91. The number of nitrogens with one attached hydrogen (secondary N) is 1. The lowest BCUT2D eigenvalue weighted by atomic mass is 10.2. The summed E-state index contributed by atoms with van der Waals surface area (Å²) in [6, 6.07) is 1.86. The van der Waals surface area contributed by atoms with Gasteiger partial charge in [0.1, 0.15) is 23.0 Å². The van der Waals surface area contributed by atoms with Gasteiger partial charge in [0.05, 0.1) is 26.0 Å². The minimum Gasteiger partial charge on any atom is -0.378 e. The number of rotatable bonds is 4. The first-order chi connectivity index (χ1) is 10.7. The molecule has 0 radical (unpaired) electrons. The highest BCUT2D eigenvalue weighted by atomic mass is 16.5. The fourth-order valence-electron chi connectivity index (χ4n) is 2.21. The van der Waals surface area contributed by atoms with Gasteiger partial charge in [-0.2, -0.15) is 0 Å². The number of anilines is 1. The molecule has 0 bridgehead atoms. The Balaban J connectivity index is 1.63. The number of hydrogen-bond acceptors (Lipinski definition) is 7. The molecule has 1 aliphatic rings. The van der Waals surface area contributed by atoms with Crippen molar-refractivity contribution >= 4 is 11.7 Å². The molecule has 0 aromatic carbocycles. The molecule has 1 aliphatic heterocycles. The second-order valence-corrected chi connectivity index (χ2v) is 4.91. The highest BCUT2D eigenvalue weighted by Gasteiger charge is 2.15. The van der Waals surface area contributed by atoms with E-state index in [1.165, 1.54) is 6.20 Å². The summed E-state index contributed by atoms with van der Waals surface area (Å²) in [5.41, 5.74) is 0.421. The average molecular weight is 303 g/mol. The maximum Gasteiger partial charge on any atom is 0.256 e. The minimum atomic E-state index is -0.251. The lowest BCUT2D eigenvalue weighted by Gasteiger charge is -2.27. The van der Waals surface area contributed by atoms with E-state index in [0.29, 0.717) is 30.4 Å². The molecule has 0 atom stereocenters. The van der Waals surface area contributed by atoms with Crippen molar-refractivity contribution in [2.24, 2.45) is 0 Å². The summed E-state index contributed by atoms with van der Waals surface area (Å²) in [4.78, 5) is 22.8. The molecule has 1 amide bonds. The third-order valence-corrected chi connectivity index (χ3v) is 3.43. The zero-order valence-corrected chi connectivity index (χ0v) is 12.3. The topological polar surface area (TPSA) is 93.4 Å². The standard InChI is InChI=1S/C14H17N5O3/c1-10-11(8-17-22-10)14(20)16-9-12-15-3-2-13(18-12)19-4-6-21-7-5-19/h2-3,8H,4-7,9H2,1H3,(H,16,20). The van der Waals surface area contributed by atoms with Gasteiger partial charge in [0, 0.05) is 19.3 Å². The number of hydrogen-bond donors (Lipinski definition) is 1. The Morgan fingerprint density at radius 2 is 2.23 bits per heavy atom. The smallest absolute Gasteiger partial charge is 0.256 e. The third-order valence-electron chi connectivity index (χ3n) is 3.43. The number of morpholine rings is 1. The van der Waals surface area contributed by atoms with Crippen LogP contribution in [0.25, 0.3) is 0 Å². The number of aromatic nitrogens is 3. The SMILES string of the molecule is Cc1oncc1C(=O)NCc1nccc(N2CCOCC2)n1. The summed E-state index contributed by atoms with van der Waals surface area (Å²) in [6.07, 6.45) is 3.10. The molecule has 2 aromatic rings. The Bertz CT molecular complexity index is 651. The van der Waals surface area contributed by atoms with Crippen LogP contribution in [0.15, 0.2) is 23.0 Å². The van der Waals surface area contributed by atoms with E-state index in [2.05, 4.69) is 25.3 Å². The van der Waals surface area contributed by atoms with Gasteiger partial charge >= 0.3 is 0 Å². The van der Waals surface area contributed by atoms with Crippen LogP contribution in [0.5, 0.6) is 0 Å². The zero-order valence-electron chi connectivity index (χ0n) is 12.3. The molecule has 0 spiro atoms. The molecule has 22 heavy (non-hydrogen) atoms. The van der Waals surface area contributed by atoms with E-state index in [1.807, 2.05) is 6.07 Å². The van der Waals surface area contributed by atoms with Gasteiger partial charge in [-0.25, -0.2) is 9.97 Å². The van der Waals surface area contributed by atoms with Crippen LogP contribution in [0, 0.1) is 6.92 Å². The molecule has 0 unspecified atom stereocenters. The summed E-state index contributed by atoms with van der Waals surface area (Å²) >= 11 is 0. The van der Waals surface area contributed by atoms with Gasteiger partial charge in [-0.3, -0.25) is 4.79 Å². The van der Waals surface area contributed by atoms with Gasteiger partial charge in [0.15, 0.2) is 0 Å². The molecule has 116 valence electrons. The molecular formula is C14H17N5O3. The van der Waals surface area contributed by atoms with E-state index in [-0.39, 0.29) is 12.5 Å². The van der Waals surface area contributed by atoms with Crippen molar-refractivity contribution in [3.63, 3.8) is 0 Å². The molecular weight excluding hydrogens is 286 g/mol. The summed E-state index contributed by atoms with van der Waals surface area (Å²) in [6.45, 7) is 4.95. The van der Waals surface area contributed by atoms with Crippen molar-refractivity contribution in [2.45, 2.75) is 13.5 Å². The summed E-state index contributed by atoms with van der Waals surface area (Å²) in [5, 5.41) is 6.35. The van der Waals surface area contributed by atoms with E-state index in [9.17, 15) is 4.79 Å². The van der Waals surface area contributed by atoms with Crippen LogP contribution in [-0.2, 0) is 11.3 Å². The summed E-state index contributed by atoms with van der Waals surface area (Å²) < 4.78 is 10.2. The molecule has 3 rings (SSSR count). The van der Waals surface area contributed by atoms with Crippen molar-refractivity contribution in [1.29, 1.82) is 0 Å². The highest BCUT2D eigenvalue weighted by Crippen LogP contribution is 2.12. The van der Waals surface area contributed by atoms with E-state index in [0.717, 1.165) is 18.9 Å². The minimum absolute atomic E-state index is 0.251. The first-order valence-corrected chi connectivity index (χ1v) is 7.08. The largest absolute Gasteiger partial charge is 0.378 e. The molecule has 1 saturated heterocycles. The quantitative estimate of drug-likeness (QED) is 0.881. The Morgan fingerprint density at radius 3 is 2.95 bits per heavy atom. The van der Waals surface area contributed by atoms with Gasteiger partial charge in [-0.1, -0.05) is 5.16 Å². The van der Waals surface area contributed by atoms with Crippen molar-refractivity contribution in [3.8, 4) is 0 Å². The Kier molecular flexibility index (Phi) is 4.29. The second kappa shape index (κ2) is 6.52. The third kappa shape index (κ3) is 3.22. The molecule has 2 aromatic heterocycles. The Hall–Kier alpha value is -2.48. The van der Waals surface area contributed by atoms with Gasteiger partial charge in [0.25, 0.3) is 5.91 Å². The fraction of sp³-hybridized carbons (Fsp3) is 0.429. The van der Waals surface area contributed by atoms with Crippen LogP contribution in [0.4, 0.5) is 5.82 Å². The lowest BCUT2D eigenvalue weighted by molar-refractivity contribution is 0.0948. The van der Waals surface area contributed by atoms with Crippen LogP contribution in [0.1, 0.15) is 21.9 Å². The molecule has 3 heterocycles. The van der Waals surface area contributed by atoms with Crippen LogP contribution in [0.2, 0.25) is 0 Å². The van der Waals surface area contributed by atoms with Crippen molar-refractivity contribution < 1.29 is 14.1 Å². The van der Waals surface area contributed by atoms with E-state index >= 15 is 0 Å². The maximum absolute atomic E-state index is 12.0. The number of ether oxygens (including phenoxy) is 1. The lowest BCUT2D eigenvalue weighted by Crippen LogP contribution is -2.37. The average Bonchev–Trinajstić information content (AvgIpc) is 3.00. The van der Waals surface area contributed by atoms with Gasteiger partial charge in [0.2, 0.25) is 0 Å². The van der Waals surface area contributed by atoms with Gasteiger partial charge in [-0.05, 0) is 13.0 Å². The van der Waals surface area contributed by atoms with Crippen LogP contribution >= 0.6 is 0 Å². The van der Waals surface area contributed by atoms with Gasteiger partial charge < -0.3 is 19.5 Å². The fourth-order valence-corrected chi connectivity index (χ4v) is 2.21. The highest BCUT2D eigenvalue weighted by molar-refractivity contribution is 5.94. The number of amides is 1. The monoisotopic (exact) mass is 303 g/mol. The number of aryl methyl sites for hydroxylation is 1. The molecule has 8 heteroatoms. The van der Waals surface area contributed by atoms with Crippen LogP contribution < -0.4 is 10.2 Å². The van der Waals surface area contributed by atoms with Crippen molar-refractivity contribution in [2.75, 3.05) is 31.2 Å². The maximum atomic E-state index is 12.0. The van der Waals surface area contributed by atoms with Crippen LogP contribution in [-0.4, -0.2) is 47.3 Å². The van der Waals surface area contributed by atoms with Crippen molar-refractivity contribution in [3.05, 3.63) is 35.6 Å². The van der Waals surface area contributed by atoms with E-state index in [1.54, 1.807) is 13.1 Å². The van der Waals surface area contributed by atoms with Crippen LogP contribution in [0.3, 0.4) is 0 Å². The Morgan fingerprint density at radius 1 is 1.41 bits per heavy atom. The summed E-state index contributed by atoms with van der Waals surface area (Å²) in [5.74, 6) is 1.65. The predicted molar refractivity (Wildman–Crippen MR) is 77.5 cm³/mol. The molecule has 8 nitrogen and oxygen atoms in total. The van der Waals surface area contributed by atoms with Gasteiger partial charge in [-0.15, -0.1) is 0 Å². The molecule has 1 N–H and O–H groups in total. The first kappa shape index (κ1) is 14.5. The number of carbonyl (C=O) groups is 1. The normalized spacial score (nSPS) is 14.9. The first-order valence-electron chi connectivity index (χ1n) is 7.08. The Labute approximate surface area is 127 Å². The predicted octanol–water partition coefficient (Wildman–Crippen LogP) is 0.540. The van der Waals surface area contributed by atoms with Crippen molar-refractivity contribution in [1.82, 2.24) is 20.4 Å². The number of nitrogens with zero attached hydrogens (tertiary/aromatic N) is 4. The molecule has 1 fully saturated rings. The molecule has 0 saturated carbocycles. The zero-order chi connectivity index (χ0) is 15.4. The van der Waals surface area contributed by atoms with E-state index < -0.39 is 0 Å². The molecule has 0 aliphatic carbocycles. The van der Waals surface area contributed by atoms with E-state index in [4.69, 9.17) is 9.26 Å².